The Morgan fingerprint density at radius 1 is 1.04 bits per heavy atom. The maximum atomic E-state index is 12.1. The van der Waals surface area contributed by atoms with E-state index in [1.165, 1.54) is 23.1 Å². The molecule has 1 aliphatic carbocycles. The van der Waals surface area contributed by atoms with Crippen LogP contribution in [-0.2, 0) is 40.1 Å². The second-order valence-electron chi connectivity index (χ2n) is 6.97. The van der Waals surface area contributed by atoms with Crippen LogP contribution in [0.15, 0.2) is 42.5 Å². The van der Waals surface area contributed by atoms with E-state index in [4.69, 9.17) is 4.74 Å². The molecule has 136 valence electrons. The second-order valence-corrected chi connectivity index (χ2v) is 6.97. The zero-order chi connectivity index (χ0) is 18.5. The molecular formula is C22H25NO3. The molecule has 4 heteroatoms. The van der Waals surface area contributed by atoms with Crippen LogP contribution in [0.4, 0.5) is 0 Å². The maximum Gasteiger partial charge on any atom is 0.311 e. The van der Waals surface area contributed by atoms with Crippen LogP contribution < -0.4 is 5.32 Å². The largest absolute Gasteiger partial charge is 0.452 e. The molecule has 2 aromatic carbocycles. The van der Waals surface area contributed by atoms with Gasteiger partial charge in [0.25, 0.3) is 5.91 Å². The number of esters is 1. The second kappa shape index (κ2) is 8.17. The fourth-order valence-electron chi connectivity index (χ4n) is 3.23. The van der Waals surface area contributed by atoms with Gasteiger partial charge in [0, 0.05) is 6.54 Å². The highest BCUT2D eigenvalue weighted by atomic mass is 16.5. The monoisotopic (exact) mass is 351 g/mol. The number of fused-ring (bicyclic) bond motifs is 1. The minimum atomic E-state index is -0.803. The Hall–Kier alpha value is -2.62. The molecule has 0 spiro atoms. The van der Waals surface area contributed by atoms with Crippen molar-refractivity contribution < 1.29 is 14.3 Å². The molecule has 0 fully saturated rings. The van der Waals surface area contributed by atoms with Crippen molar-refractivity contribution >= 4 is 11.9 Å². The van der Waals surface area contributed by atoms with E-state index in [1.54, 1.807) is 6.92 Å². The first-order valence-corrected chi connectivity index (χ1v) is 9.14. The number of carbonyl (C=O) groups excluding carboxylic acids is 2. The Morgan fingerprint density at radius 2 is 1.73 bits per heavy atom. The van der Waals surface area contributed by atoms with Gasteiger partial charge in [0.05, 0.1) is 6.42 Å². The molecule has 0 aromatic heterocycles. The molecule has 1 aliphatic rings. The molecule has 0 unspecified atom stereocenters. The summed E-state index contributed by atoms with van der Waals surface area (Å²) in [5, 5.41) is 2.81. The number of ether oxygens (including phenoxy) is 1. The predicted molar refractivity (Wildman–Crippen MR) is 101 cm³/mol. The summed E-state index contributed by atoms with van der Waals surface area (Å²) in [7, 11) is 0. The molecule has 1 atom stereocenters. The van der Waals surface area contributed by atoms with Gasteiger partial charge in [-0.15, -0.1) is 0 Å². The van der Waals surface area contributed by atoms with E-state index >= 15 is 0 Å². The topological polar surface area (TPSA) is 55.4 Å². The van der Waals surface area contributed by atoms with Gasteiger partial charge in [-0.2, -0.15) is 0 Å². The molecule has 26 heavy (non-hydrogen) atoms. The van der Waals surface area contributed by atoms with Crippen molar-refractivity contribution in [3.05, 3.63) is 70.3 Å². The lowest BCUT2D eigenvalue weighted by molar-refractivity contribution is -0.154. The Balaban J connectivity index is 1.47. The molecule has 3 rings (SSSR count). The lowest BCUT2D eigenvalue weighted by Gasteiger charge is -2.14. The molecule has 2 aromatic rings. The summed E-state index contributed by atoms with van der Waals surface area (Å²) in [5.41, 5.74) is 5.85. The highest BCUT2D eigenvalue weighted by Gasteiger charge is 2.18. The normalized spacial score (nSPS) is 13.8. The fourth-order valence-corrected chi connectivity index (χ4v) is 3.23. The molecule has 0 saturated carbocycles. The van der Waals surface area contributed by atoms with Gasteiger partial charge in [-0.25, -0.2) is 0 Å². The highest BCUT2D eigenvalue weighted by Crippen LogP contribution is 2.23. The lowest BCUT2D eigenvalue weighted by atomic mass is 10.0. The first-order chi connectivity index (χ1) is 12.5. The van der Waals surface area contributed by atoms with Crippen molar-refractivity contribution in [2.24, 2.45) is 0 Å². The summed E-state index contributed by atoms with van der Waals surface area (Å²) in [4.78, 5) is 24.3. The van der Waals surface area contributed by atoms with E-state index < -0.39 is 6.10 Å². The van der Waals surface area contributed by atoms with E-state index in [2.05, 4.69) is 17.4 Å². The van der Waals surface area contributed by atoms with Crippen LogP contribution >= 0.6 is 0 Å². The van der Waals surface area contributed by atoms with Crippen LogP contribution in [0.1, 0.15) is 41.2 Å². The number of amides is 1. The molecular weight excluding hydrogens is 326 g/mol. The Morgan fingerprint density at radius 3 is 2.50 bits per heavy atom. The molecule has 0 aliphatic heterocycles. The van der Waals surface area contributed by atoms with Crippen LogP contribution in [0.25, 0.3) is 0 Å². The third-order valence-corrected chi connectivity index (χ3v) is 4.78. The molecule has 0 saturated heterocycles. The van der Waals surface area contributed by atoms with Gasteiger partial charge in [-0.05, 0) is 55.4 Å². The third kappa shape index (κ3) is 4.72. The Labute approximate surface area is 154 Å². The van der Waals surface area contributed by atoms with E-state index in [9.17, 15) is 9.59 Å². The zero-order valence-electron chi connectivity index (χ0n) is 15.4. The van der Waals surface area contributed by atoms with Gasteiger partial charge in [0.1, 0.15) is 0 Å². The van der Waals surface area contributed by atoms with Crippen molar-refractivity contribution in [1.29, 1.82) is 0 Å². The summed E-state index contributed by atoms with van der Waals surface area (Å²) < 4.78 is 5.29. The Bertz CT molecular complexity index is 796. The van der Waals surface area contributed by atoms with Gasteiger partial charge in [-0.3, -0.25) is 9.59 Å². The van der Waals surface area contributed by atoms with Crippen molar-refractivity contribution in [3.8, 4) is 0 Å². The quantitative estimate of drug-likeness (QED) is 0.813. The number of benzene rings is 2. The summed E-state index contributed by atoms with van der Waals surface area (Å²) in [6.07, 6.45) is 2.78. The van der Waals surface area contributed by atoms with Gasteiger partial charge >= 0.3 is 5.97 Å². The van der Waals surface area contributed by atoms with E-state index in [0.717, 1.165) is 24.0 Å². The number of rotatable bonds is 6. The maximum absolute atomic E-state index is 12.1. The first-order valence-electron chi connectivity index (χ1n) is 9.14. The van der Waals surface area contributed by atoms with Crippen molar-refractivity contribution in [2.45, 2.75) is 52.2 Å². The fraction of sp³-hybridized carbons (Fsp3) is 0.364. The summed E-state index contributed by atoms with van der Waals surface area (Å²) >= 11 is 0. The molecule has 1 amide bonds. The van der Waals surface area contributed by atoms with Gasteiger partial charge < -0.3 is 10.1 Å². The minimum absolute atomic E-state index is 0.197. The van der Waals surface area contributed by atoms with Crippen LogP contribution in [0.5, 0.6) is 0 Å². The van der Waals surface area contributed by atoms with Crippen molar-refractivity contribution in [1.82, 2.24) is 5.32 Å². The number of hydrogen-bond donors (Lipinski definition) is 1. The minimum Gasteiger partial charge on any atom is -0.452 e. The number of carbonyl (C=O) groups is 2. The van der Waals surface area contributed by atoms with E-state index in [1.807, 2.05) is 37.3 Å². The molecule has 4 nitrogen and oxygen atoms in total. The van der Waals surface area contributed by atoms with Crippen LogP contribution in [0.3, 0.4) is 0 Å². The standard InChI is InChI=1S/C22H25NO3/c1-15-6-8-17(9-7-15)14-23-22(25)16(2)26-21(24)13-18-10-11-19-4-3-5-20(19)12-18/h6-12,16H,3-5,13-14H2,1-2H3,(H,23,25)/t16-/m0/s1. The predicted octanol–water partition coefficient (Wildman–Crippen LogP) is 3.27. The van der Waals surface area contributed by atoms with Crippen molar-refractivity contribution in [3.63, 3.8) is 0 Å². The van der Waals surface area contributed by atoms with Gasteiger partial charge in [0.15, 0.2) is 6.10 Å². The number of aryl methyl sites for hydroxylation is 3. The van der Waals surface area contributed by atoms with Crippen LogP contribution in [-0.4, -0.2) is 18.0 Å². The average Bonchev–Trinajstić information content (AvgIpc) is 3.08. The lowest BCUT2D eigenvalue weighted by Crippen LogP contribution is -2.35. The SMILES string of the molecule is Cc1ccc(CNC(=O)[C@H](C)OC(=O)Cc2ccc3c(c2)CCC3)cc1. The van der Waals surface area contributed by atoms with E-state index in [0.29, 0.717) is 6.54 Å². The summed E-state index contributed by atoms with van der Waals surface area (Å²) in [6, 6.07) is 14.1. The van der Waals surface area contributed by atoms with Gasteiger partial charge in [0.2, 0.25) is 0 Å². The van der Waals surface area contributed by atoms with Gasteiger partial charge in [-0.1, -0.05) is 48.0 Å². The number of nitrogens with one attached hydrogen (secondary N) is 1. The zero-order valence-corrected chi connectivity index (χ0v) is 15.4. The summed E-state index contributed by atoms with van der Waals surface area (Å²) in [5.74, 6) is -0.659. The molecule has 0 radical (unpaired) electrons. The van der Waals surface area contributed by atoms with Crippen molar-refractivity contribution in [2.75, 3.05) is 0 Å². The smallest absolute Gasteiger partial charge is 0.311 e. The third-order valence-electron chi connectivity index (χ3n) is 4.78. The Kier molecular flexibility index (Phi) is 5.71. The highest BCUT2D eigenvalue weighted by molar-refractivity contribution is 5.83. The van der Waals surface area contributed by atoms with Crippen LogP contribution in [0.2, 0.25) is 0 Å². The molecule has 1 N–H and O–H groups in total. The van der Waals surface area contributed by atoms with E-state index in [-0.39, 0.29) is 18.3 Å². The number of hydrogen-bond acceptors (Lipinski definition) is 3. The van der Waals surface area contributed by atoms with Crippen LogP contribution in [0, 0.1) is 6.92 Å². The molecule has 0 heterocycles. The average molecular weight is 351 g/mol. The molecule has 0 bridgehead atoms. The first kappa shape index (κ1) is 18.2. The summed E-state index contributed by atoms with van der Waals surface area (Å²) in [6.45, 7) is 4.04.